The van der Waals surface area contributed by atoms with Crippen LogP contribution in [0.25, 0.3) is 0 Å². The van der Waals surface area contributed by atoms with Gasteiger partial charge in [0.2, 0.25) is 15.9 Å². The Kier molecular flexibility index (Phi) is 9.33. The lowest BCUT2D eigenvalue weighted by molar-refractivity contribution is -0.122. The van der Waals surface area contributed by atoms with Gasteiger partial charge in [0, 0.05) is 24.7 Å². The van der Waals surface area contributed by atoms with Crippen LogP contribution in [0.1, 0.15) is 32.1 Å². The molecule has 1 aromatic carbocycles. The monoisotopic (exact) mass is 423 g/mol. The van der Waals surface area contributed by atoms with E-state index in [2.05, 4.69) is 5.32 Å². The first-order chi connectivity index (χ1) is 11.8. The number of hydrogen-bond acceptors (Lipinski definition) is 4. The zero-order valence-electron chi connectivity index (χ0n) is 14.9. The molecule has 1 aliphatic carbocycles. The molecule has 0 aromatic heterocycles. The molecule has 1 amide bonds. The first-order valence-electron chi connectivity index (χ1n) is 8.56. The van der Waals surface area contributed by atoms with Crippen LogP contribution in [0, 0.1) is 5.92 Å². The molecule has 1 unspecified atom stereocenters. The number of benzene rings is 1. The van der Waals surface area contributed by atoms with Gasteiger partial charge in [0.05, 0.1) is 11.4 Å². The molecule has 0 aliphatic heterocycles. The summed E-state index contributed by atoms with van der Waals surface area (Å²) in [5, 5.41) is 3.36. The van der Waals surface area contributed by atoms with Crippen molar-refractivity contribution in [1.82, 2.24) is 9.62 Å². The summed E-state index contributed by atoms with van der Waals surface area (Å²) in [5.74, 6) is 0.0435. The molecular weight excluding hydrogens is 397 g/mol. The number of carbonyl (C=O) groups is 1. The standard InChI is InChI=1S/C17H26ClN3O3S.ClH/c1-21(25(23,24)15-9-7-14(18)8-10-15)12-17(22)20-16(11-19)13-5-3-2-4-6-13;/h7-10,13,16H,2-6,11-12,19H2,1H3,(H,20,22);1H. The minimum absolute atomic E-state index is 0. The fourth-order valence-corrected chi connectivity index (χ4v) is 4.49. The number of halogens is 2. The molecule has 0 saturated heterocycles. The van der Waals surface area contributed by atoms with Gasteiger partial charge in [-0.15, -0.1) is 12.4 Å². The minimum Gasteiger partial charge on any atom is -0.351 e. The van der Waals surface area contributed by atoms with Crippen LogP contribution in [0.2, 0.25) is 5.02 Å². The highest BCUT2D eigenvalue weighted by Gasteiger charge is 2.27. The van der Waals surface area contributed by atoms with Crippen LogP contribution < -0.4 is 11.1 Å². The number of likely N-dealkylation sites (N-methyl/N-ethyl adjacent to an activating group) is 1. The van der Waals surface area contributed by atoms with Gasteiger partial charge in [-0.3, -0.25) is 4.79 Å². The summed E-state index contributed by atoms with van der Waals surface area (Å²) in [6.07, 6.45) is 5.65. The molecule has 1 aliphatic rings. The second kappa shape index (κ2) is 10.5. The molecule has 0 spiro atoms. The number of carbonyl (C=O) groups excluding carboxylic acids is 1. The van der Waals surface area contributed by atoms with Gasteiger partial charge in [-0.05, 0) is 43.0 Å². The van der Waals surface area contributed by atoms with E-state index in [9.17, 15) is 13.2 Å². The third-order valence-electron chi connectivity index (χ3n) is 4.71. The van der Waals surface area contributed by atoms with Crippen LogP contribution >= 0.6 is 24.0 Å². The smallest absolute Gasteiger partial charge is 0.243 e. The van der Waals surface area contributed by atoms with Gasteiger partial charge in [-0.1, -0.05) is 30.9 Å². The molecule has 1 fully saturated rings. The van der Waals surface area contributed by atoms with Gasteiger partial charge in [0.1, 0.15) is 0 Å². The zero-order chi connectivity index (χ0) is 18.4. The first-order valence-corrected chi connectivity index (χ1v) is 10.4. The predicted molar refractivity (Wildman–Crippen MR) is 106 cm³/mol. The first kappa shape index (κ1) is 23.2. The zero-order valence-corrected chi connectivity index (χ0v) is 17.2. The molecule has 1 atom stereocenters. The van der Waals surface area contributed by atoms with Crippen molar-refractivity contribution >= 4 is 39.9 Å². The van der Waals surface area contributed by atoms with E-state index in [4.69, 9.17) is 17.3 Å². The van der Waals surface area contributed by atoms with Gasteiger partial charge < -0.3 is 11.1 Å². The second-order valence-corrected chi connectivity index (χ2v) is 9.00. The fourth-order valence-electron chi connectivity index (χ4n) is 3.23. The molecule has 0 bridgehead atoms. The van der Waals surface area contributed by atoms with Gasteiger partial charge in [-0.25, -0.2) is 8.42 Å². The molecule has 1 saturated carbocycles. The number of rotatable bonds is 7. The number of amides is 1. The number of hydrogen-bond donors (Lipinski definition) is 2. The summed E-state index contributed by atoms with van der Waals surface area (Å²) in [4.78, 5) is 12.4. The molecule has 6 nitrogen and oxygen atoms in total. The van der Waals surface area contributed by atoms with Crippen LogP contribution in [-0.4, -0.2) is 44.8 Å². The van der Waals surface area contributed by atoms with E-state index in [0.717, 1.165) is 30.0 Å². The average Bonchev–Trinajstić information content (AvgIpc) is 2.60. The lowest BCUT2D eigenvalue weighted by Crippen LogP contribution is -2.49. The van der Waals surface area contributed by atoms with Crippen molar-refractivity contribution in [2.24, 2.45) is 11.7 Å². The van der Waals surface area contributed by atoms with Crippen LogP contribution in [0.15, 0.2) is 29.2 Å². The summed E-state index contributed by atoms with van der Waals surface area (Å²) in [6.45, 7) is 0.123. The lowest BCUT2D eigenvalue weighted by Gasteiger charge is -2.30. The number of nitrogens with two attached hydrogens (primary N) is 1. The van der Waals surface area contributed by atoms with E-state index < -0.39 is 10.0 Å². The topological polar surface area (TPSA) is 92.5 Å². The van der Waals surface area contributed by atoms with E-state index in [0.29, 0.717) is 17.5 Å². The summed E-state index contributed by atoms with van der Waals surface area (Å²) >= 11 is 5.79. The van der Waals surface area contributed by atoms with Crippen molar-refractivity contribution in [2.75, 3.05) is 20.1 Å². The van der Waals surface area contributed by atoms with E-state index >= 15 is 0 Å². The maximum atomic E-state index is 12.5. The number of nitrogens with one attached hydrogen (secondary N) is 1. The van der Waals surface area contributed by atoms with Crippen LogP contribution in [0.3, 0.4) is 0 Å². The van der Waals surface area contributed by atoms with Crippen molar-refractivity contribution in [1.29, 1.82) is 0 Å². The molecule has 9 heteroatoms. The molecule has 1 aromatic rings. The Labute approximate surface area is 166 Å². The Morgan fingerprint density at radius 2 is 1.85 bits per heavy atom. The van der Waals surface area contributed by atoms with E-state index in [1.165, 1.54) is 37.7 Å². The van der Waals surface area contributed by atoms with Crippen molar-refractivity contribution in [3.63, 3.8) is 0 Å². The Morgan fingerprint density at radius 3 is 2.38 bits per heavy atom. The van der Waals surface area contributed by atoms with Crippen molar-refractivity contribution in [3.05, 3.63) is 29.3 Å². The van der Waals surface area contributed by atoms with Crippen molar-refractivity contribution in [2.45, 2.75) is 43.0 Å². The Bertz CT molecular complexity index is 677. The number of sulfonamides is 1. The van der Waals surface area contributed by atoms with Crippen LogP contribution in [0.5, 0.6) is 0 Å². The molecule has 26 heavy (non-hydrogen) atoms. The highest BCUT2D eigenvalue weighted by Crippen LogP contribution is 2.26. The normalized spacial score (nSPS) is 16.8. The third kappa shape index (κ3) is 6.09. The van der Waals surface area contributed by atoms with Gasteiger partial charge >= 0.3 is 0 Å². The van der Waals surface area contributed by atoms with E-state index in [-0.39, 0.29) is 35.8 Å². The van der Waals surface area contributed by atoms with Gasteiger partial charge in [-0.2, -0.15) is 4.31 Å². The van der Waals surface area contributed by atoms with Crippen LogP contribution in [0.4, 0.5) is 0 Å². The minimum atomic E-state index is -3.74. The average molecular weight is 424 g/mol. The molecule has 3 N–H and O–H groups in total. The van der Waals surface area contributed by atoms with Crippen molar-refractivity contribution < 1.29 is 13.2 Å². The highest BCUT2D eigenvalue weighted by atomic mass is 35.5. The molecule has 2 rings (SSSR count). The molecular formula is C17H27Cl2N3O3S. The quantitative estimate of drug-likeness (QED) is 0.703. The SMILES string of the molecule is CN(CC(=O)NC(CN)C1CCCCC1)S(=O)(=O)c1ccc(Cl)cc1.Cl. The van der Waals surface area contributed by atoms with Gasteiger partial charge in [0.25, 0.3) is 0 Å². The van der Waals surface area contributed by atoms with E-state index in [1.807, 2.05) is 0 Å². The van der Waals surface area contributed by atoms with Gasteiger partial charge in [0.15, 0.2) is 0 Å². The molecule has 0 heterocycles. The maximum absolute atomic E-state index is 12.5. The summed E-state index contributed by atoms with van der Waals surface area (Å²) in [5.41, 5.74) is 5.81. The highest BCUT2D eigenvalue weighted by molar-refractivity contribution is 7.89. The third-order valence-corrected chi connectivity index (χ3v) is 6.78. The van der Waals surface area contributed by atoms with E-state index in [1.54, 1.807) is 0 Å². The summed E-state index contributed by atoms with van der Waals surface area (Å²) < 4.78 is 26.1. The Balaban J connectivity index is 0.00000338. The molecule has 0 radical (unpaired) electrons. The Hall–Kier alpha value is -0.860. The Morgan fingerprint density at radius 1 is 1.27 bits per heavy atom. The lowest BCUT2D eigenvalue weighted by atomic mass is 9.84. The fraction of sp³-hybridized carbons (Fsp3) is 0.588. The summed E-state index contributed by atoms with van der Waals surface area (Å²) in [6, 6.07) is 5.78. The van der Waals surface area contributed by atoms with Crippen LogP contribution in [-0.2, 0) is 14.8 Å². The van der Waals surface area contributed by atoms with Crippen molar-refractivity contribution in [3.8, 4) is 0 Å². The predicted octanol–water partition coefficient (Wildman–Crippen LogP) is 2.41. The second-order valence-electron chi connectivity index (χ2n) is 6.52. The summed E-state index contributed by atoms with van der Waals surface area (Å²) in [7, 11) is -2.35. The maximum Gasteiger partial charge on any atom is 0.243 e. The molecule has 148 valence electrons. The number of nitrogens with zero attached hydrogens (tertiary/aromatic N) is 1. The largest absolute Gasteiger partial charge is 0.351 e.